The van der Waals surface area contributed by atoms with E-state index in [-0.39, 0.29) is 6.54 Å². The van der Waals surface area contributed by atoms with Gasteiger partial charge in [0.05, 0.1) is 13.1 Å². The molecule has 0 amide bonds. The summed E-state index contributed by atoms with van der Waals surface area (Å²) in [5, 5.41) is 12.2. The van der Waals surface area contributed by atoms with Crippen LogP contribution in [0, 0.1) is 6.92 Å². The van der Waals surface area contributed by atoms with Gasteiger partial charge in [0.15, 0.2) is 5.82 Å². The van der Waals surface area contributed by atoms with E-state index in [4.69, 9.17) is 9.63 Å². The predicted octanol–water partition coefficient (Wildman–Crippen LogP) is 0.285. The van der Waals surface area contributed by atoms with Crippen LogP contribution in [0.1, 0.15) is 18.6 Å². The Bertz CT molecular complexity index is 311. The van der Waals surface area contributed by atoms with E-state index in [0.29, 0.717) is 24.8 Å². The van der Waals surface area contributed by atoms with E-state index in [2.05, 4.69) is 10.1 Å². The molecule has 1 aromatic heterocycles. The molecule has 0 unspecified atom stereocenters. The van der Waals surface area contributed by atoms with Crippen LogP contribution in [0.2, 0.25) is 0 Å². The smallest absolute Gasteiger partial charge is 0.317 e. The highest BCUT2D eigenvalue weighted by atomic mass is 16.5. The molecule has 0 aromatic carbocycles. The van der Waals surface area contributed by atoms with Crippen molar-refractivity contribution in [1.82, 2.24) is 15.0 Å². The average Bonchev–Trinajstić information content (AvgIpc) is 2.49. The highest BCUT2D eigenvalue weighted by Gasteiger charge is 2.11. The van der Waals surface area contributed by atoms with Crippen molar-refractivity contribution in [2.75, 3.05) is 13.1 Å². The van der Waals surface area contributed by atoms with Crippen LogP contribution in [0.5, 0.6) is 0 Å². The van der Waals surface area contributed by atoms with Gasteiger partial charge in [-0.3, -0.25) is 9.69 Å². The van der Waals surface area contributed by atoms with Gasteiger partial charge in [0.25, 0.3) is 0 Å². The SMILES string of the molecule is CCN(CC(=O)O)Cc1nc(C)no1. The average molecular weight is 199 g/mol. The molecule has 0 saturated heterocycles. The number of aliphatic carboxylic acids is 1. The van der Waals surface area contributed by atoms with E-state index >= 15 is 0 Å². The summed E-state index contributed by atoms with van der Waals surface area (Å²) >= 11 is 0. The Balaban J connectivity index is 2.52. The number of rotatable bonds is 5. The monoisotopic (exact) mass is 199 g/mol. The van der Waals surface area contributed by atoms with Crippen molar-refractivity contribution >= 4 is 5.97 Å². The first-order valence-corrected chi connectivity index (χ1v) is 4.35. The fraction of sp³-hybridized carbons (Fsp3) is 0.625. The molecule has 6 heteroatoms. The van der Waals surface area contributed by atoms with Crippen LogP contribution < -0.4 is 0 Å². The highest BCUT2D eigenvalue weighted by molar-refractivity contribution is 5.69. The Morgan fingerprint density at radius 3 is 2.79 bits per heavy atom. The number of likely N-dealkylation sites (N-methyl/N-ethyl adjacent to an activating group) is 1. The molecular formula is C8H13N3O3. The fourth-order valence-electron chi connectivity index (χ4n) is 1.07. The van der Waals surface area contributed by atoms with Gasteiger partial charge >= 0.3 is 5.97 Å². The molecule has 1 N–H and O–H groups in total. The van der Waals surface area contributed by atoms with Gasteiger partial charge in [-0.25, -0.2) is 0 Å². The second-order valence-electron chi connectivity index (χ2n) is 2.93. The molecule has 14 heavy (non-hydrogen) atoms. The number of hydrogen-bond donors (Lipinski definition) is 1. The fourth-order valence-corrected chi connectivity index (χ4v) is 1.07. The summed E-state index contributed by atoms with van der Waals surface area (Å²) in [7, 11) is 0. The molecule has 6 nitrogen and oxygen atoms in total. The zero-order chi connectivity index (χ0) is 10.6. The Kier molecular flexibility index (Phi) is 3.58. The molecule has 0 saturated carbocycles. The van der Waals surface area contributed by atoms with E-state index in [1.54, 1.807) is 11.8 Å². The summed E-state index contributed by atoms with van der Waals surface area (Å²) in [4.78, 5) is 16.2. The Morgan fingerprint density at radius 2 is 2.36 bits per heavy atom. The lowest BCUT2D eigenvalue weighted by atomic mass is 10.4. The maximum Gasteiger partial charge on any atom is 0.317 e. The van der Waals surface area contributed by atoms with Crippen LogP contribution in [0.4, 0.5) is 0 Å². The molecule has 0 radical (unpaired) electrons. The van der Waals surface area contributed by atoms with Crippen molar-refractivity contribution in [2.45, 2.75) is 20.4 Å². The second kappa shape index (κ2) is 4.71. The van der Waals surface area contributed by atoms with E-state index in [1.807, 2.05) is 6.92 Å². The van der Waals surface area contributed by atoms with E-state index in [1.165, 1.54) is 0 Å². The van der Waals surface area contributed by atoms with Gasteiger partial charge in [-0.15, -0.1) is 0 Å². The number of carboxylic acid groups (broad SMARTS) is 1. The maximum absolute atomic E-state index is 10.5. The lowest BCUT2D eigenvalue weighted by Crippen LogP contribution is -2.29. The Morgan fingerprint density at radius 1 is 1.64 bits per heavy atom. The van der Waals surface area contributed by atoms with E-state index in [9.17, 15) is 4.79 Å². The topological polar surface area (TPSA) is 79.5 Å². The van der Waals surface area contributed by atoms with Gasteiger partial charge in [-0.05, 0) is 13.5 Å². The van der Waals surface area contributed by atoms with Crippen molar-refractivity contribution in [3.8, 4) is 0 Å². The van der Waals surface area contributed by atoms with Gasteiger partial charge in [0, 0.05) is 0 Å². The van der Waals surface area contributed by atoms with Gasteiger partial charge in [-0.1, -0.05) is 12.1 Å². The van der Waals surface area contributed by atoms with Crippen molar-refractivity contribution in [3.05, 3.63) is 11.7 Å². The molecule has 0 aliphatic rings. The third-order valence-electron chi connectivity index (χ3n) is 1.73. The predicted molar refractivity (Wildman–Crippen MR) is 47.6 cm³/mol. The lowest BCUT2D eigenvalue weighted by molar-refractivity contribution is -0.138. The van der Waals surface area contributed by atoms with Crippen LogP contribution >= 0.6 is 0 Å². The first-order chi connectivity index (χ1) is 6.61. The Labute approximate surface area is 81.5 Å². The van der Waals surface area contributed by atoms with Gasteiger partial charge in [0.1, 0.15) is 0 Å². The summed E-state index contributed by atoms with van der Waals surface area (Å²) in [5.41, 5.74) is 0. The molecule has 0 aliphatic carbocycles. The lowest BCUT2D eigenvalue weighted by Gasteiger charge is -2.14. The summed E-state index contributed by atoms with van der Waals surface area (Å²) < 4.78 is 4.88. The quantitative estimate of drug-likeness (QED) is 0.734. The summed E-state index contributed by atoms with van der Waals surface area (Å²) in [6.45, 7) is 4.60. The van der Waals surface area contributed by atoms with Gasteiger partial charge in [0.2, 0.25) is 5.89 Å². The van der Waals surface area contributed by atoms with E-state index < -0.39 is 5.97 Å². The highest BCUT2D eigenvalue weighted by Crippen LogP contribution is 2.01. The molecule has 1 aromatic rings. The van der Waals surface area contributed by atoms with Gasteiger partial charge < -0.3 is 9.63 Å². The molecule has 78 valence electrons. The molecule has 0 fully saturated rings. The number of aryl methyl sites for hydroxylation is 1. The molecule has 0 bridgehead atoms. The number of nitrogens with zero attached hydrogens (tertiary/aromatic N) is 3. The molecule has 0 aliphatic heterocycles. The first kappa shape index (κ1) is 10.6. The van der Waals surface area contributed by atoms with Crippen LogP contribution in [0.15, 0.2) is 4.52 Å². The summed E-state index contributed by atoms with van der Waals surface area (Å²) in [6, 6.07) is 0. The van der Waals surface area contributed by atoms with Crippen molar-refractivity contribution in [1.29, 1.82) is 0 Å². The standard InChI is InChI=1S/C8H13N3O3/c1-3-11(5-8(12)13)4-7-9-6(2)10-14-7/h3-5H2,1-2H3,(H,12,13). The largest absolute Gasteiger partial charge is 0.480 e. The molecule has 0 spiro atoms. The minimum absolute atomic E-state index is 0.0159. The van der Waals surface area contributed by atoms with Crippen LogP contribution in [-0.2, 0) is 11.3 Å². The van der Waals surface area contributed by atoms with Crippen molar-refractivity contribution < 1.29 is 14.4 Å². The molecule has 0 atom stereocenters. The zero-order valence-electron chi connectivity index (χ0n) is 8.23. The second-order valence-corrected chi connectivity index (χ2v) is 2.93. The zero-order valence-corrected chi connectivity index (χ0v) is 8.23. The number of carboxylic acids is 1. The van der Waals surface area contributed by atoms with Crippen LogP contribution in [0.25, 0.3) is 0 Å². The van der Waals surface area contributed by atoms with Crippen LogP contribution in [0.3, 0.4) is 0 Å². The first-order valence-electron chi connectivity index (χ1n) is 4.35. The maximum atomic E-state index is 10.5. The van der Waals surface area contributed by atoms with Crippen molar-refractivity contribution in [2.24, 2.45) is 0 Å². The number of hydrogen-bond acceptors (Lipinski definition) is 5. The summed E-state index contributed by atoms with van der Waals surface area (Å²) in [6.07, 6.45) is 0. The third kappa shape index (κ3) is 3.14. The van der Waals surface area contributed by atoms with E-state index in [0.717, 1.165) is 0 Å². The summed E-state index contributed by atoms with van der Waals surface area (Å²) in [5.74, 6) is 0.153. The Hall–Kier alpha value is -1.43. The molecular weight excluding hydrogens is 186 g/mol. The third-order valence-corrected chi connectivity index (χ3v) is 1.73. The van der Waals surface area contributed by atoms with Gasteiger partial charge in [-0.2, -0.15) is 4.98 Å². The van der Waals surface area contributed by atoms with Crippen LogP contribution in [-0.4, -0.2) is 39.2 Å². The minimum atomic E-state index is -0.858. The van der Waals surface area contributed by atoms with Crippen molar-refractivity contribution in [3.63, 3.8) is 0 Å². The number of carbonyl (C=O) groups is 1. The number of aromatic nitrogens is 2. The molecule has 1 heterocycles. The molecule has 1 rings (SSSR count). The normalized spacial score (nSPS) is 10.8. The minimum Gasteiger partial charge on any atom is -0.480 e.